The van der Waals surface area contributed by atoms with Crippen LogP contribution in [0.5, 0.6) is 0 Å². The summed E-state index contributed by atoms with van der Waals surface area (Å²) in [6, 6.07) is 10.2. The highest BCUT2D eigenvalue weighted by atomic mass is 16.3. The number of rotatable bonds is 6. The highest BCUT2D eigenvalue weighted by Crippen LogP contribution is 2.18. The predicted octanol–water partition coefficient (Wildman–Crippen LogP) is 2.37. The first kappa shape index (κ1) is 14.8. The van der Waals surface area contributed by atoms with Gasteiger partial charge in [0.25, 0.3) is 0 Å². The SMILES string of the molecule is CC(C)c1ccc(C(O)CNCc2ccnn2C)cc1. The van der Waals surface area contributed by atoms with Crippen LogP contribution in [0.25, 0.3) is 0 Å². The third-order valence-electron chi connectivity index (χ3n) is 3.55. The van der Waals surface area contributed by atoms with Gasteiger partial charge in [-0.1, -0.05) is 38.1 Å². The minimum absolute atomic E-state index is 0.482. The van der Waals surface area contributed by atoms with E-state index in [9.17, 15) is 5.11 Å². The summed E-state index contributed by atoms with van der Waals surface area (Å²) in [6.07, 6.45) is 1.29. The maximum absolute atomic E-state index is 10.2. The third-order valence-corrected chi connectivity index (χ3v) is 3.55. The molecular weight excluding hydrogens is 250 g/mol. The van der Waals surface area contributed by atoms with Crippen LogP contribution in [0, 0.1) is 0 Å². The lowest BCUT2D eigenvalue weighted by atomic mass is 10.00. The summed E-state index contributed by atoms with van der Waals surface area (Å²) in [7, 11) is 1.91. The number of aromatic nitrogens is 2. The fourth-order valence-electron chi connectivity index (χ4n) is 2.13. The Morgan fingerprint density at radius 3 is 2.35 bits per heavy atom. The lowest BCUT2D eigenvalue weighted by Crippen LogP contribution is -2.22. The lowest BCUT2D eigenvalue weighted by molar-refractivity contribution is 0.174. The van der Waals surface area contributed by atoms with Crippen molar-refractivity contribution in [2.75, 3.05) is 6.54 Å². The largest absolute Gasteiger partial charge is 0.387 e. The molecule has 2 rings (SSSR count). The highest BCUT2D eigenvalue weighted by Gasteiger charge is 2.08. The van der Waals surface area contributed by atoms with Crippen molar-refractivity contribution in [1.82, 2.24) is 15.1 Å². The Balaban J connectivity index is 1.85. The van der Waals surface area contributed by atoms with Gasteiger partial charge < -0.3 is 10.4 Å². The van der Waals surface area contributed by atoms with Gasteiger partial charge in [0, 0.05) is 26.3 Å². The summed E-state index contributed by atoms with van der Waals surface area (Å²) in [6.45, 7) is 5.58. The molecule has 0 aliphatic rings. The molecule has 1 aromatic carbocycles. The van der Waals surface area contributed by atoms with Crippen LogP contribution in [-0.2, 0) is 13.6 Å². The van der Waals surface area contributed by atoms with Crippen molar-refractivity contribution < 1.29 is 5.11 Å². The second kappa shape index (κ2) is 6.68. The van der Waals surface area contributed by atoms with Crippen molar-refractivity contribution in [1.29, 1.82) is 0 Å². The molecule has 0 saturated carbocycles. The van der Waals surface area contributed by atoms with Crippen LogP contribution in [0.4, 0.5) is 0 Å². The summed E-state index contributed by atoms with van der Waals surface area (Å²) in [5.74, 6) is 0.518. The molecule has 0 saturated heterocycles. The van der Waals surface area contributed by atoms with E-state index >= 15 is 0 Å². The van der Waals surface area contributed by atoms with E-state index in [-0.39, 0.29) is 0 Å². The van der Waals surface area contributed by atoms with Crippen molar-refractivity contribution in [2.45, 2.75) is 32.4 Å². The highest BCUT2D eigenvalue weighted by molar-refractivity contribution is 5.26. The molecule has 1 atom stereocenters. The maximum Gasteiger partial charge on any atom is 0.0914 e. The number of aliphatic hydroxyl groups excluding tert-OH is 1. The number of hydrogen-bond acceptors (Lipinski definition) is 3. The Hall–Kier alpha value is -1.65. The van der Waals surface area contributed by atoms with Gasteiger partial charge >= 0.3 is 0 Å². The zero-order valence-corrected chi connectivity index (χ0v) is 12.4. The van der Waals surface area contributed by atoms with Gasteiger partial charge in [-0.3, -0.25) is 4.68 Å². The molecule has 0 radical (unpaired) electrons. The van der Waals surface area contributed by atoms with Crippen molar-refractivity contribution in [2.24, 2.45) is 7.05 Å². The molecular formula is C16H23N3O. The molecule has 2 aromatic rings. The Bertz CT molecular complexity index is 531. The van der Waals surface area contributed by atoms with Gasteiger partial charge in [-0.2, -0.15) is 5.10 Å². The molecule has 1 unspecified atom stereocenters. The van der Waals surface area contributed by atoms with Gasteiger partial charge in [-0.15, -0.1) is 0 Å². The molecule has 4 nitrogen and oxygen atoms in total. The summed E-state index contributed by atoms with van der Waals surface area (Å²) in [5, 5.41) is 17.5. The molecule has 0 fully saturated rings. The Morgan fingerprint density at radius 2 is 1.80 bits per heavy atom. The summed E-state index contributed by atoms with van der Waals surface area (Å²) >= 11 is 0. The monoisotopic (exact) mass is 273 g/mol. The first-order valence-corrected chi connectivity index (χ1v) is 7.03. The average Bonchev–Trinajstić information content (AvgIpc) is 2.84. The van der Waals surface area contributed by atoms with Crippen LogP contribution in [-0.4, -0.2) is 21.4 Å². The van der Waals surface area contributed by atoms with Crippen LogP contribution in [0.15, 0.2) is 36.5 Å². The molecule has 0 bridgehead atoms. The topological polar surface area (TPSA) is 50.1 Å². The minimum atomic E-state index is -0.482. The molecule has 0 spiro atoms. The molecule has 108 valence electrons. The van der Waals surface area contributed by atoms with E-state index in [1.54, 1.807) is 6.20 Å². The Kier molecular flexibility index (Phi) is 4.93. The van der Waals surface area contributed by atoms with Crippen LogP contribution in [0.1, 0.15) is 42.7 Å². The maximum atomic E-state index is 10.2. The normalized spacial score (nSPS) is 12.8. The summed E-state index contributed by atoms with van der Waals surface area (Å²) < 4.78 is 1.83. The first-order valence-electron chi connectivity index (χ1n) is 7.03. The molecule has 0 amide bonds. The third kappa shape index (κ3) is 3.68. The van der Waals surface area contributed by atoms with E-state index in [2.05, 4.69) is 36.4 Å². The molecule has 1 aromatic heterocycles. The van der Waals surface area contributed by atoms with Crippen LogP contribution >= 0.6 is 0 Å². The van der Waals surface area contributed by atoms with Gasteiger partial charge in [0.2, 0.25) is 0 Å². The average molecular weight is 273 g/mol. The second-order valence-electron chi connectivity index (χ2n) is 5.41. The van der Waals surface area contributed by atoms with Gasteiger partial charge in [0.15, 0.2) is 0 Å². The molecule has 0 aliphatic carbocycles. The van der Waals surface area contributed by atoms with Crippen molar-refractivity contribution >= 4 is 0 Å². The number of hydrogen-bond donors (Lipinski definition) is 2. The quantitative estimate of drug-likeness (QED) is 0.849. The Morgan fingerprint density at radius 1 is 1.15 bits per heavy atom. The minimum Gasteiger partial charge on any atom is -0.387 e. The summed E-state index contributed by atoms with van der Waals surface area (Å²) in [4.78, 5) is 0. The first-order chi connectivity index (χ1) is 9.58. The lowest BCUT2D eigenvalue weighted by Gasteiger charge is -2.13. The molecule has 20 heavy (non-hydrogen) atoms. The van der Waals surface area contributed by atoms with Crippen LogP contribution in [0.2, 0.25) is 0 Å². The van der Waals surface area contributed by atoms with Crippen LogP contribution in [0.3, 0.4) is 0 Å². The van der Waals surface area contributed by atoms with Gasteiger partial charge in [-0.25, -0.2) is 0 Å². The number of aryl methyl sites for hydroxylation is 1. The van der Waals surface area contributed by atoms with Crippen molar-refractivity contribution in [3.05, 3.63) is 53.3 Å². The molecule has 1 heterocycles. The number of benzene rings is 1. The second-order valence-corrected chi connectivity index (χ2v) is 5.41. The van der Waals surface area contributed by atoms with E-state index in [0.29, 0.717) is 19.0 Å². The molecule has 4 heteroatoms. The van der Waals surface area contributed by atoms with Gasteiger partial charge in [-0.05, 0) is 23.1 Å². The van der Waals surface area contributed by atoms with Crippen LogP contribution < -0.4 is 5.32 Å². The standard InChI is InChI=1S/C16H23N3O/c1-12(2)13-4-6-14(7-5-13)16(20)11-17-10-15-8-9-18-19(15)3/h4-9,12,16-17,20H,10-11H2,1-3H3. The van der Waals surface area contributed by atoms with Crippen molar-refractivity contribution in [3.63, 3.8) is 0 Å². The van der Waals surface area contributed by atoms with Gasteiger partial charge in [0.05, 0.1) is 11.8 Å². The fourth-order valence-corrected chi connectivity index (χ4v) is 2.13. The molecule has 2 N–H and O–H groups in total. The van der Waals surface area contributed by atoms with E-state index in [4.69, 9.17) is 0 Å². The smallest absolute Gasteiger partial charge is 0.0914 e. The van der Waals surface area contributed by atoms with E-state index in [1.165, 1.54) is 5.56 Å². The zero-order chi connectivity index (χ0) is 14.5. The molecule has 0 aliphatic heterocycles. The van der Waals surface area contributed by atoms with E-state index in [0.717, 1.165) is 11.3 Å². The fraction of sp³-hybridized carbons (Fsp3) is 0.438. The number of nitrogens with zero attached hydrogens (tertiary/aromatic N) is 2. The van der Waals surface area contributed by atoms with Gasteiger partial charge in [0.1, 0.15) is 0 Å². The van der Waals surface area contributed by atoms with E-state index in [1.807, 2.05) is 29.9 Å². The number of aliphatic hydroxyl groups is 1. The predicted molar refractivity (Wildman–Crippen MR) is 80.4 cm³/mol. The number of nitrogens with one attached hydrogen (secondary N) is 1. The van der Waals surface area contributed by atoms with E-state index < -0.39 is 6.10 Å². The summed E-state index contributed by atoms with van der Waals surface area (Å²) in [5.41, 5.74) is 3.35. The Labute approximate surface area is 120 Å². The van der Waals surface area contributed by atoms with Crippen molar-refractivity contribution in [3.8, 4) is 0 Å². The zero-order valence-electron chi connectivity index (χ0n) is 12.4.